The van der Waals surface area contributed by atoms with E-state index in [2.05, 4.69) is 21.2 Å². The molecule has 11 heteroatoms. The van der Waals surface area contributed by atoms with Crippen molar-refractivity contribution in [2.24, 2.45) is 0 Å². The molecular formula is C32H30BrCl2N3O4S. The first-order valence-electron chi connectivity index (χ1n) is 13.5. The summed E-state index contributed by atoms with van der Waals surface area (Å²) in [5.41, 5.74) is 1.69. The number of carbonyl (C=O) groups is 2. The number of likely N-dealkylation sites (N-methyl/N-ethyl adjacent to an activating group) is 1. The molecule has 2 amide bonds. The lowest BCUT2D eigenvalue weighted by atomic mass is 10.0. The van der Waals surface area contributed by atoms with E-state index in [1.807, 2.05) is 30.3 Å². The molecule has 0 heterocycles. The number of halogens is 3. The Morgan fingerprint density at radius 2 is 1.51 bits per heavy atom. The third kappa shape index (κ3) is 8.38. The smallest absolute Gasteiger partial charge is 0.264 e. The van der Waals surface area contributed by atoms with Gasteiger partial charge in [0, 0.05) is 34.0 Å². The van der Waals surface area contributed by atoms with Gasteiger partial charge in [0.15, 0.2) is 0 Å². The highest BCUT2D eigenvalue weighted by Crippen LogP contribution is 2.28. The second kappa shape index (κ2) is 14.9. The van der Waals surface area contributed by atoms with E-state index in [0.29, 0.717) is 27.8 Å². The highest BCUT2D eigenvalue weighted by molar-refractivity contribution is 9.10. The molecule has 1 N–H and O–H groups in total. The lowest BCUT2D eigenvalue weighted by molar-refractivity contribution is -0.140. The molecule has 0 aliphatic rings. The van der Waals surface area contributed by atoms with Crippen LogP contribution in [0.1, 0.15) is 18.1 Å². The van der Waals surface area contributed by atoms with Crippen molar-refractivity contribution in [3.05, 3.63) is 129 Å². The maximum absolute atomic E-state index is 14.4. The zero-order chi connectivity index (χ0) is 31.0. The topological polar surface area (TPSA) is 86.8 Å². The van der Waals surface area contributed by atoms with Gasteiger partial charge in [-0.05, 0) is 66.6 Å². The van der Waals surface area contributed by atoms with E-state index in [1.165, 1.54) is 17.0 Å². The van der Waals surface area contributed by atoms with Crippen molar-refractivity contribution >= 4 is 66.7 Å². The second-order valence-corrected chi connectivity index (χ2v) is 13.3. The number of sulfonamides is 1. The predicted octanol–water partition coefficient (Wildman–Crippen LogP) is 6.73. The first kappa shape index (κ1) is 32.5. The average molecular weight is 703 g/mol. The Morgan fingerprint density at radius 3 is 2.12 bits per heavy atom. The Morgan fingerprint density at radius 1 is 0.884 bits per heavy atom. The Bertz CT molecular complexity index is 1660. The van der Waals surface area contributed by atoms with Crippen LogP contribution >= 0.6 is 39.1 Å². The summed E-state index contributed by atoms with van der Waals surface area (Å²) < 4.78 is 29.7. The van der Waals surface area contributed by atoms with Crippen LogP contribution in [0.5, 0.6) is 0 Å². The minimum Gasteiger partial charge on any atom is -0.355 e. The molecule has 0 aliphatic carbocycles. The van der Waals surface area contributed by atoms with E-state index < -0.39 is 28.5 Å². The Hall–Kier alpha value is -3.37. The average Bonchev–Trinajstić information content (AvgIpc) is 3.00. The predicted molar refractivity (Wildman–Crippen MR) is 175 cm³/mol. The van der Waals surface area contributed by atoms with Gasteiger partial charge in [0.25, 0.3) is 10.0 Å². The van der Waals surface area contributed by atoms with Crippen LogP contribution < -0.4 is 9.62 Å². The van der Waals surface area contributed by atoms with E-state index >= 15 is 0 Å². The second-order valence-electron chi connectivity index (χ2n) is 9.66. The Balaban J connectivity index is 1.80. The molecule has 0 aromatic heterocycles. The number of nitrogens with zero attached hydrogens (tertiary/aromatic N) is 2. The van der Waals surface area contributed by atoms with Crippen molar-refractivity contribution in [1.82, 2.24) is 10.2 Å². The first-order chi connectivity index (χ1) is 20.6. The number of hydrogen-bond acceptors (Lipinski definition) is 4. The minimum absolute atomic E-state index is 0.0302. The van der Waals surface area contributed by atoms with Crippen molar-refractivity contribution in [3.63, 3.8) is 0 Å². The number of rotatable bonds is 12. The molecule has 0 saturated heterocycles. The standard InChI is InChI=1S/C32H30BrCl2N3O4S/c1-2-36-32(40)30(19-23-9-5-3-6-10-23)37(21-24-13-16-26(34)20-29(24)35)31(39)22-38(27-17-14-25(33)15-18-27)43(41,42)28-11-7-4-8-12-28/h3-18,20,30H,2,19,21-22H2,1H3,(H,36,40)/t30-/m1/s1. The SMILES string of the molecule is CCNC(=O)[C@@H](Cc1ccccc1)N(Cc1ccc(Cl)cc1Cl)C(=O)CN(c1ccc(Br)cc1)S(=O)(=O)c1ccccc1. The van der Waals surface area contributed by atoms with Crippen molar-refractivity contribution in [1.29, 1.82) is 0 Å². The van der Waals surface area contributed by atoms with Crippen molar-refractivity contribution in [2.45, 2.75) is 30.8 Å². The molecule has 4 aromatic carbocycles. The van der Waals surface area contributed by atoms with Gasteiger partial charge < -0.3 is 10.2 Å². The molecule has 224 valence electrons. The van der Waals surface area contributed by atoms with Gasteiger partial charge in [-0.15, -0.1) is 0 Å². The molecule has 0 spiro atoms. The molecule has 0 fully saturated rings. The van der Waals surface area contributed by atoms with Crippen LogP contribution in [0.2, 0.25) is 10.0 Å². The third-order valence-corrected chi connectivity index (χ3v) is 9.61. The summed E-state index contributed by atoms with van der Waals surface area (Å²) in [4.78, 5) is 29.3. The van der Waals surface area contributed by atoms with Gasteiger partial charge in [-0.25, -0.2) is 8.42 Å². The van der Waals surface area contributed by atoms with E-state index in [1.54, 1.807) is 67.6 Å². The molecule has 4 rings (SSSR count). The van der Waals surface area contributed by atoms with Gasteiger partial charge >= 0.3 is 0 Å². The Labute approximate surface area is 270 Å². The van der Waals surface area contributed by atoms with Crippen molar-refractivity contribution in [2.75, 3.05) is 17.4 Å². The monoisotopic (exact) mass is 701 g/mol. The minimum atomic E-state index is -4.17. The summed E-state index contributed by atoms with van der Waals surface area (Å²) in [7, 11) is -4.17. The van der Waals surface area contributed by atoms with Gasteiger partial charge in [-0.3, -0.25) is 13.9 Å². The fourth-order valence-electron chi connectivity index (χ4n) is 4.54. The van der Waals surface area contributed by atoms with Crippen molar-refractivity contribution < 1.29 is 18.0 Å². The van der Waals surface area contributed by atoms with Crippen LogP contribution in [0, 0.1) is 0 Å². The molecule has 43 heavy (non-hydrogen) atoms. The highest BCUT2D eigenvalue weighted by Gasteiger charge is 2.34. The van der Waals surface area contributed by atoms with E-state index in [9.17, 15) is 18.0 Å². The molecule has 4 aromatic rings. The summed E-state index contributed by atoms with van der Waals surface area (Å²) in [5, 5.41) is 3.58. The van der Waals surface area contributed by atoms with Gasteiger partial charge in [0.05, 0.1) is 10.6 Å². The van der Waals surface area contributed by atoms with E-state index in [-0.39, 0.29) is 23.8 Å². The van der Waals surface area contributed by atoms with Crippen LogP contribution in [0.3, 0.4) is 0 Å². The number of hydrogen-bond donors (Lipinski definition) is 1. The van der Waals surface area contributed by atoms with Crippen LogP contribution in [-0.2, 0) is 32.6 Å². The highest BCUT2D eigenvalue weighted by atomic mass is 79.9. The molecule has 7 nitrogen and oxygen atoms in total. The molecule has 0 saturated carbocycles. The van der Waals surface area contributed by atoms with Crippen LogP contribution in [0.25, 0.3) is 0 Å². The van der Waals surface area contributed by atoms with Gasteiger partial charge in [-0.2, -0.15) is 0 Å². The maximum atomic E-state index is 14.4. The Kier molecular flexibility index (Phi) is 11.3. The number of benzene rings is 4. The number of amides is 2. The summed E-state index contributed by atoms with van der Waals surface area (Å²) in [6, 6.07) is 27.8. The van der Waals surface area contributed by atoms with Crippen LogP contribution in [0.15, 0.2) is 112 Å². The van der Waals surface area contributed by atoms with E-state index in [0.717, 1.165) is 14.3 Å². The zero-order valence-electron chi connectivity index (χ0n) is 23.3. The molecule has 0 bridgehead atoms. The first-order valence-corrected chi connectivity index (χ1v) is 16.5. The molecule has 1 atom stereocenters. The molecule has 0 unspecified atom stereocenters. The fraction of sp³-hybridized carbons (Fsp3) is 0.188. The normalized spacial score (nSPS) is 11.9. The summed E-state index contributed by atoms with van der Waals surface area (Å²) >= 11 is 16.0. The maximum Gasteiger partial charge on any atom is 0.264 e. The molecule has 0 aliphatic heterocycles. The number of nitrogens with one attached hydrogen (secondary N) is 1. The van der Waals surface area contributed by atoms with Crippen molar-refractivity contribution in [3.8, 4) is 0 Å². The fourth-order valence-corrected chi connectivity index (χ4v) is 6.70. The van der Waals surface area contributed by atoms with Crippen LogP contribution in [-0.4, -0.2) is 44.3 Å². The summed E-state index contributed by atoms with van der Waals surface area (Å²) in [6.07, 6.45) is 0.202. The zero-order valence-corrected chi connectivity index (χ0v) is 27.2. The lowest BCUT2D eigenvalue weighted by Crippen LogP contribution is -2.53. The lowest BCUT2D eigenvalue weighted by Gasteiger charge is -2.34. The largest absolute Gasteiger partial charge is 0.355 e. The third-order valence-electron chi connectivity index (χ3n) is 6.70. The quantitative estimate of drug-likeness (QED) is 0.178. The summed E-state index contributed by atoms with van der Waals surface area (Å²) in [6.45, 7) is 1.53. The van der Waals surface area contributed by atoms with Gasteiger partial charge in [-0.1, -0.05) is 93.7 Å². The van der Waals surface area contributed by atoms with Gasteiger partial charge in [0.1, 0.15) is 12.6 Å². The van der Waals surface area contributed by atoms with Gasteiger partial charge in [0.2, 0.25) is 11.8 Å². The number of anilines is 1. The number of carbonyl (C=O) groups excluding carboxylic acids is 2. The summed E-state index contributed by atoms with van der Waals surface area (Å²) in [5.74, 6) is -0.952. The molecular weight excluding hydrogens is 673 g/mol. The molecule has 0 radical (unpaired) electrons. The van der Waals surface area contributed by atoms with Crippen LogP contribution in [0.4, 0.5) is 5.69 Å². The van der Waals surface area contributed by atoms with E-state index in [4.69, 9.17) is 23.2 Å².